The van der Waals surface area contributed by atoms with Gasteiger partial charge >= 0.3 is 0 Å². The first-order chi connectivity index (χ1) is 17.1. The summed E-state index contributed by atoms with van der Waals surface area (Å²) in [5, 5.41) is 2.41. The summed E-state index contributed by atoms with van der Waals surface area (Å²) in [4.78, 5) is 0. The van der Waals surface area contributed by atoms with Gasteiger partial charge in [0.2, 0.25) is 0 Å². The Labute approximate surface area is 219 Å². The van der Waals surface area contributed by atoms with Crippen LogP contribution in [0.4, 0.5) is 0 Å². The maximum atomic E-state index is 6.29. The third kappa shape index (κ3) is 4.45. The predicted octanol–water partition coefficient (Wildman–Crippen LogP) is 9.89. The first-order valence-electron chi connectivity index (χ1n) is 11.1. The molecule has 35 heavy (non-hydrogen) atoms. The van der Waals surface area contributed by atoms with E-state index in [4.69, 9.17) is 9.47 Å². The Kier molecular flexibility index (Phi) is 5.80. The number of hydrogen-bond acceptors (Lipinski definition) is 2. The molecule has 0 aliphatic carbocycles. The van der Waals surface area contributed by atoms with Gasteiger partial charge in [0.05, 0.1) is 16.7 Å². The third-order valence-electron chi connectivity index (χ3n) is 5.77. The Morgan fingerprint density at radius 3 is 1.43 bits per heavy atom. The van der Waals surface area contributed by atoms with E-state index in [2.05, 4.69) is 85.0 Å². The van der Waals surface area contributed by atoms with E-state index in [-0.39, 0.29) is 0 Å². The SMILES string of the molecule is Brc1cccc(Oc2cc(Oc3cccc(Br)c3)cc(-n3c4ccccc4c4ccccc43)c2)c1. The number of nitrogens with zero attached hydrogens (tertiary/aromatic N) is 1. The van der Waals surface area contributed by atoms with Gasteiger partial charge in [0, 0.05) is 37.9 Å². The molecule has 3 nitrogen and oxygen atoms in total. The molecule has 0 aliphatic heterocycles. The standard InChI is InChI=1S/C30H19Br2NO2/c31-20-7-5-9-23(15-20)34-25-17-22(18-26(19-25)35-24-10-6-8-21(32)16-24)33-29-13-3-1-11-27(29)28-12-2-4-14-30(28)33/h1-19H. The fourth-order valence-electron chi connectivity index (χ4n) is 4.34. The molecule has 0 unspecified atom stereocenters. The summed E-state index contributed by atoms with van der Waals surface area (Å²) < 4.78 is 16.8. The maximum absolute atomic E-state index is 6.29. The highest BCUT2D eigenvalue weighted by Gasteiger charge is 2.14. The average Bonchev–Trinajstić information content (AvgIpc) is 3.18. The van der Waals surface area contributed by atoms with Crippen LogP contribution in [0.1, 0.15) is 0 Å². The maximum Gasteiger partial charge on any atom is 0.133 e. The number of hydrogen-bond donors (Lipinski definition) is 0. The monoisotopic (exact) mass is 583 g/mol. The molecule has 6 aromatic rings. The zero-order valence-electron chi connectivity index (χ0n) is 18.5. The molecule has 6 rings (SSSR count). The van der Waals surface area contributed by atoms with E-state index in [1.54, 1.807) is 0 Å². The lowest BCUT2D eigenvalue weighted by atomic mass is 10.2. The van der Waals surface area contributed by atoms with Gasteiger partial charge in [-0.05, 0) is 48.5 Å². The van der Waals surface area contributed by atoms with Gasteiger partial charge in [0.15, 0.2) is 0 Å². The molecule has 0 saturated heterocycles. The average molecular weight is 585 g/mol. The van der Waals surface area contributed by atoms with Gasteiger partial charge in [-0.1, -0.05) is 80.4 Å². The minimum atomic E-state index is 0.687. The van der Waals surface area contributed by atoms with E-state index in [1.807, 2.05) is 66.7 Å². The fourth-order valence-corrected chi connectivity index (χ4v) is 5.09. The van der Waals surface area contributed by atoms with Crippen LogP contribution in [-0.4, -0.2) is 4.57 Å². The number of halogens is 2. The summed E-state index contributed by atoms with van der Waals surface area (Å²) in [6.45, 7) is 0. The molecule has 0 amide bonds. The molecule has 0 fully saturated rings. The van der Waals surface area contributed by atoms with Crippen LogP contribution in [0.3, 0.4) is 0 Å². The van der Waals surface area contributed by atoms with Crippen LogP contribution in [-0.2, 0) is 0 Å². The van der Waals surface area contributed by atoms with Crippen LogP contribution in [0.5, 0.6) is 23.0 Å². The van der Waals surface area contributed by atoms with Crippen LogP contribution in [0.25, 0.3) is 27.5 Å². The topological polar surface area (TPSA) is 23.4 Å². The third-order valence-corrected chi connectivity index (χ3v) is 6.75. The first-order valence-corrected chi connectivity index (χ1v) is 12.7. The smallest absolute Gasteiger partial charge is 0.133 e. The lowest BCUT2D eigenvalue weighted by molar-refractivity contribution is 0.459. The van der Waals surface area contributed by atoms with Crippen LogP contribution >= 0.6 is 31.9 Å². The Morgan fingerprint density at radius 1 is 0.457 bits per heavy atom. The normalized spacial score (nSPS) is 11.1. The van der Waals surface area contributed by atoms with Gasteiger partial charge in [-0.3, -0.25) is 0 Å². The fraction of sp³-hybridized carbons (Fsp3) is 0. The van der Waals surface area contributed by atoms with Gasteiger partial charge in [-0.2, -0.15) is 0 Å². The molecule has 0 bridgehead atoms. The van der Waals surface area contributed by atoms with Crippen molar-refractivity contribution in [3.8, 4) is 28.7 Å². The molecule has 1 heterocycles. The van der Waals surface area contributed by atoms with Crippen molar-refractivity contribution in [3.05, 3.63) is 124 Å². The van der Waals surface area contributed by atoms with Crippen molar-refractivity contribution < 1.29 is 9.47 Å². The lowest BCUT2D eigenvalue weighted by Gasteiger charge is -2.15. The molecular weight excluding hydrogens is 566 g/mol. The summed E-state index contributed by atoms with van der Waals surface area (Å²) in [5.74, 6) is 2.86. The van der Waals surface area contributed by atoms with Crippen molar-refractivity contribution in [1.82, 2.24) is 4.57 Å². The van der Waals surface area contributed by atoms with Crippen LogP contribution < -0.4 is 9.47 Å². The van der Waals surface area contributed by atoms with Crippen LogP contribution in [0, 0.1) is 0 Å². The zero-order chi connectivity index (χ0) is 23.8. The Balaban J connectivity index is 1.54. The lowest BCUT2D eigenvalue weighted by Crippen LogP contribution is -1.96. The molecule has 0 atom stereocenters. The van der Waals surface area contributed by atoms with E-state index < -0.39 is 0 Å². The largest absolute Gasteiger partial charge is 0.457 e. The minimum Gasteiger partial charge on any atom is -0.457 e. The highest BCUT2D eigenvalue weighted by Crippen LogP contribution is 2.37. The summed E-state index contributed by atoms with van der Waals surface area (Å²) in [6, 6.07) is 38.5. The molecule has 0 N–H and O–H groups in total. The summed E-state index contributed by atoms with van der Waals surface area (Å²) in [6.07, 6.45) is 0. The molecule has 0 saturated carbocycles. The van der Waals surface area contributed by atoms with Crippen molar-refractivity contribution in [2.24, 2.45) is 0 Å². The summed E-state index contributed by atoms with van der Waals surface area (Å²) >= 11 is 7.06. The van der Waals surface area contributed by atoms with E-state index in [0.29, 0.717) is 11.5 Å². The highest BCUT2D eigenvalue weighted by molar-refractivity contribution is 9.10. The number of aromatic nitrogens is 1. The molecule has 0 radical (unpaired) electrons. The van der Waals surface area contributed by atoms with Crippen molar-refractivity contribution in [2.45, 2.75) is 0 Å². The second-order valence-electron chi connectivity index (χ2n) is 8.15. The van der Waals surface area contributed by atoms with Gasteiger partial charge in [-0.25, -0.2) is 0 Å². The number of para-hydroxylation sites is 2. The minimum absolute atomic E-state index is 0.687. The number of benzene rings is 5. The quantitative estimate of drug-likeness (QED) is 0.201. The molecular formula is C30H19Br2NO2. The van der Waals surface area contributed by atoms with Crippen molar-refractivity contribution in [2.75, 3.05) is 0 Å². The molecule has 1 aromatic heterocycles. The molecule has 170 valence electrons. The van der Waals surface area contributed by atoms with Gasteiger partial charge < -0.3 is 14.0 Å². The van der Waals surface area contributed by atoms with Crippen molar-refractivity contribution in [1.29, 1.82) is 0 Å². The number of ether oxygens (including phenoxy) is 2. The number of fused-ring (bicyclic) bond motifs is 3. The molecule has 0 spiro atoms. The van der Waals surface area contributed by atoms with Gasteiger partial charge in [-0.15, -0.1) is 0 Å². The Hall–Kier alpha value is -3.54. The van der Waals surface area contributed by atoms with E-state index in [0.717, 1.165) is 37.2 Å². The van der Waals surface area contributed by atoms with E-state index >= 15 is 0 Å². The zero-order valence-corrected chi connectivity index (χ0v) is 21.7. The highest BCUT2D eigenvalue weighted by atomic mass is 79.9. The second-order valence-corrected chi connectivity index (χ2v) is 9.98. The number of rotatable bonds is 5. The summed E-state index contributed by atoms with van der Waals surface area (Å²) in [7, 11) is 0. The van der Waals surface area contributed by atoms with Crippen molar-refractivity contribution >= 4 is 53.7 Å². The molecule has 0 aliphatic rings. The molecule has 5 heteroatoms. The summed E-state index contributed by atoms with van der Waals surface area (Å²) in [5.41, 5.74) is 3.21. The van der Waals surface area contributed by atoms with Gasteiger partial charge in [0.1, 0.15) is 23.0 Å². The van der Waals surface area contributed by atoms with Gasteiger partial charge in [0.25, 0.3) is 0 Å². The van der Waals surface area contributed by atoms with E-state index in [1.165, 1.54) is 10.8 Å². The Bertz CT molecular complexity index is 1570. The second kappa shape index (κ2) is 9.25. The van der Waals surface area contributed by atoms with Crippen molar-refractivity contribution in [3.63, 3.8) is 0 Å². The first kappa shape index (κ1) is 22.0. The van der Waals surface area contributed by atoms with Crippen LogP contribution in [0.15, 0.2) is 124 Å². The Morgan fingerprint density at radius 2 is 0.943 bits per heavy atom. The predicted molar refractivity (Wildman–Crippen MR) is 149 cm³/mol. The van der Waals surface area contributed by atoms with E-state index in [9.17, 15) is 0 Å². The van der Waals surface area contributed by atoms with Crippen LogP contribution in [0.2, 0.25) is 0 Å². The molecule has 5 aromatic carbocycles.